The van der Waals surface area contributed by atoms with Crippen LogP contribution in [0.5, 0.6) is 5.75 Å². The van der Waals surface area contributed by atoms with Gasteiger partial charge in [-0.05, 0) is 36.8 Å². The second-order valence-electron chi connectivity index (χ2n) is 4.92. The third-order valence-corrected chi connectivity index (χ3v) is 3.17. The summed E-state index contributed by atoms with van der Waals surface area (Å²) in [7, 11) is 0. The van der Waals surface area contributed by atoms with Gasteiger partial charge in [0.15, 0.2) is 0 Å². The monoisotopic (exact) mass is 324 g/mol. The fourth-order valence-electron chi connectivity index (χ4n) is 1.89. The zero-order valence-corrected chi connectivity index (χ0v) is 12.6. The molecule has 0 fully saturated rings. The van der Waals surface area contributed by atoms with Gasteiger partial charge in [0.2, 0.25) is 5.91 Å². The van der Waals surface area contributed by atoms with Crippen LogP contribution in [0.3, 0.4) is 0 Å². The molecule has 2 N–H and O–H groups in total. The lowest BCUT2D eigenvalue weighted by atomic mass is 10.2. The quantitative estimate of drug-likeness (QED) is 0.784. The van der Waals surface area contributed by atoms with Crippen molar-refractivity contribution in [1.82, 2.24) is 10.6 Å². The fourth-order valence-corrected chi connectivity index (χ4v) is 1.89. The lowest BCUT2D eigenvalue weighted by molar-refractivity contribution is -0.123. The molecule has 0 saturated carbocycles. The number of nitrogens with one attached hydrogen (secondary N) is 2. The normalized spacial score (nSPS) is 12.2. The summed E-state index contributed by atoms with van der Waals surface area (Å²) in [5.74, 6) is 0.632. The van der Waals surface area contributed by atoms with Crippen molar-refractivity contribution in [2.45, 2.75) is 32.7 Å². The molecule has 1 atom stereocenters. The summed E-state index contributed by atoms with van der Waals surface area (Å²) in [4.78, 5) is 11.9. The van der Waals surface area contributed by atoms with E-state index in [1.165, 1.54) is 12.1 Å². The molecule has 5 nitrogen and oxygen atoms in total. The maximum atomic E-state index is 12.1. The van der Waals surface area contributed by atoms with Gasteiger partial charge in [0, 0.05) is 6.54 Å². The molecule has 124 valence electrons. The average molecular weight is 324 g/mol. The standard InChI is InChI=1S/C16H18F2N2O3/c1-11(15(21)20-10-14-3-2-8-22-14)19-9-12-4-6-13(7-5-12)23-16(17)18/h2-8,11,16,19H,9-10H2,1H3,(H,20,21). The van der Waals surface area contributed by atoms with Crippen molar-refractivity contribution in [1.29, 1.82) is 0 Å². The molecule has 1 amide bonds. The minimum atomic E-state index is -2.84. The SMILES string of the molecule is CC(NCc1ccc(OC(F)F)cc1)C(=O)NCc1ccco1. The summed E-state index contributed by atoms with van der Waals surface area (Å²) >= 11 is 0. The van der Waals surface area contributed by atoms with E-state index in [9.17, 15) is 13.6 Å². The van der Waals surface area contributed by atoms with E-state index in [-0.39, 0.29) is 11.7 Å². The van der Waals surface area contributed by atoms with Gasteiger partial charge in [-0.15, -0.1) is 0 Å². The molecule has 1 heterocycles. The summed E-state index contributed by atoms with van der Waals surface area (Å²) < 4.78 is 33.5. The highest BCUT2D eigenvalue weighted by Gasteiger charge is 2.12. The Morgan fingerprint density at radius 2 is 1.96 bits per heavy atom. The van der Waals surface area contributed by atoms with Crippen molar-refractivity contribution in [3.8, 4) is 5.75 Å². The van der Waals surface area contributed by atoms with Crippen molar-refractivity contribution in [2.24, 2.45) is 0 Å². The summed E-state index contributed by atoms with van der Waals surface area (Å²) in [5.41, 5.74) is 0.859. The molecule has 1 aromatic carbocycles. The molecule has 0 aliphatic rings. The predicted molar refractivity (Wildman–Crippen MR) is 79.9 cm³/mol. The van der Waals surface area contributed by atoms with E-state index >= 15 is 0 Å². The number of amides is 1. The molecule has 0 radical (unpaired) electrons. The molecule has 0 saturated heterocycles. The number of hydrogen-bond donors (Lipinski definition) is 2. The molecule has 2 aromatic rings. The second kappa shape index (κ2) is 8.28. The van der Waals surface area contributed by atoms with Gasteiger partial charge in [-0.2, -0.15) is 8.78 Å². The van der Waals surface area contributed by atoms with Crippen LogP contribution in [0.15, 0.2) is 47.1 Å². The molecule has 2 rings (SSSR count). The Labute approximate surface area is 132 Å². The first kappa shape index (κ1) is 17.0. The highest BCUT2D eigenvalue weighted by molar-refractivity contribution is 5.81. The zero-order chi connectivity index (χ0) is 16.7. The van der Waals surface area contributed by atoms with Gasteiger partial charge in [-0.25, -0.2) is 0 Å². The number of hydrogen-bond acceptors (Lipinski definition) is 4. The Hall–Kier alpha value is -2.41. The van der Waals surface area contributed by atoms with Crippen LogP contribution in [-0.2, 0) is 17.9 Å². The number of furan rings is 1. The number of carbonyl (C=O) groups is 1. The lowest BCUT2D eigenvalue weighted by Crippen LogP contribution is -2.41. The van der Waals surface area contributed by atoms with Gasteiger partial charge in [0.05, 0.1) is 18.8 Å². The summed E-state index contributed by atoms with van der Waals surface area (Å²) in [6.07, 6.45) is 1.55. The van der Waals surface area contributed by atoms with Crippen molar-refractivity contribution < 1.29 is 22.7 Å². The number of halogens is 2. The zero-order valence-electron chi connectivity index (χ0n) is 12.6. The maximum Gasteiger partial charge on any atom is 0.387 e. The third kappa shape index (κ3) is 5.71. The van der Waals surface area contributed by atoms with Crippen LogP contribution in [0.2, 0.25) is 0 Å². The minimum Gasteiger partial charge on any atom is -0.467 e. The first-order valence-corrected chi connectivity index (χ1v) is 7.12. The van der Waals surface area contributed by atoms with Crippen LogP contribution in [0, 0.1) is 0 Å². The number of ether oxygens (including phenoxy) is 1. The molecular formula is C16H18F2N2O3. The largest absolute Gasteiger partial charge is 0.467 e. The lowest BCUT2D eigenvalue weighted by Gasteiger charge is -2.14. The van der Waals surface area contributed by atoms with Crippen LogP contribution < -0.4 is 15.4 Å². The Morgan fingerprint density at radius 3 is 2.57 bits per heavy atom. The molecule has 0 spiro atoms. The number of carbonyl (C=O) groups excluding carboxylic acids is 1. The smallest absolute Gasteiger partial charge is 0.387 e. The molecule has 0 aliphatic carbocycles. The van der Waals surface area contributed by atoms with Gasteiger partial charge in [-0.1, -0.05) is 12.1 Å². The topological polar surface area (TPSA) is 63.5 Å². The fraction of sp³-hybridized carbons (Fsp3) is 0.312. The predicted octanol–water partition coefficient (Wildman–Crippen LogP) is 2.68. The Morgan fingerprint density at radius 1 is 1.22 bits per heavy atom. The summed E-state index contributed by atoms with van der Waals surface area (Å²) in [6, 6.07) is 9.39. The van der Waals surface area contributed by atoms with E-state index < -0.39 is 12.7 Å². The van der Waals surface area contributed by atoms with E-state index in [0.717, 1.165) is 5.56 Å². The van der Waals surface area contributed by atoms with E-state index in [2.05, 4.69) is 15.4 Å². The van der Waals surface area contributed by atoms with Crippen LogP contribution in [0.4, 0.5) is 8.78 Å². The number of benzene rings is 1. The number of rotatable bonds is 8. The van der Waals surface area contributed by atoms with Crippen molar-refractivity contribution in [3.05, 3.63) is 54.0 Å². The van der Waals surface area contributed by atoms with Crippen LogP contribution in [0.25, 0.3) is 0 Å². The Bertz CT molecular complexity index is 600. The van der Waals surface area contributed by atoms with Crippen molar-refractivity contribution in [3.63, 3.8) is 0 Å². The molecule has 0 aliphatic heterocycles. The summed E-state index contributed by atoms with van der Waals surface area (Å²) in [6.45, 7) is -0.329. The number of alkyl halides is 2. The molecular weight excluding hydrogens is 306 g/mol. The molecule has 23 heavy (non-hydrogen) atoms. The van der Waals surface area contributed by atoms with Crippen molar-refractivity contribution >= 4 is 5.91 Å². The third-order valence-electron chi connectivity index (χ3n) is 3.17. The molecule has 1 unspecified atom stereocenters. The Kier molecular flexibility index (Phi) is 6.10. The first-order chi connectivity index (χ1) is 11.0. The van der Waals surface area contributed by atoms with E-state index in [1.54, 1.807) is 37.5 Å². The van der Waals surface area contributed by atoms with Gasteiger partial charge in [0.25, 0.3) is 0 Å². The summed E-state index contributed by atoms with van der Waals surface area (Å²) in [5, 5.41) is 5.81. The van der Waals surface area contributed by atoms with Gasteiger partial charge < -0.3 is 19.8 Å². The highest BCUT2D eigenvalue weighted by Crippen LogP contribution is 2.14. The maximum absolute atomic E-state index is 12.1. The average Bonchev–Trinajstić information content (AvgIpc) is 3.04. The van der Waals surface area contributed by atoms with E-state index in [4.69, 9.17) is 4.42 Å². The van der Waals surface area contributed by atoms with Gasteiger partial charge in [-0.3, -0.25) is 4.79 Å². The van der Waals surface area contributed by atoms with Gasteiger partial charge >= 0.3 is 6.61 Å². The van der Waals surface area contributed by atoms with Crippen LogP contribution in [0.1, 0.15) is 18.2 Å². The van der Waals surface area contributed by atoms with Crippen molar-refractivity contribution in [2.75, 3.05) is 0 Å². The van der Waals surface area contributed by atoms with Crippen LogP contribution in [-0.4, -0.2) is 18.6 Å². The van der Waals surface area contributed by atoms with E-state index in [1.807, 2.05) is 0 Å². The molecule has 7 heteroatoms. The minimum absolute atomic E-state index is 0.105. The van der Waals surface area contributed by atoms with E-state index in [0.29, 0.717) is 18.8 Å². The molecule has 1 aromatic heterocycles. The molecule has 0 bridgehead atoms. The second-order valence-corrected chi connectivity index (χ2v) is 4.92. The Balaban J connectivity index is 1.74. The van der Waals surface area contributed by atoms with Crippen LogP contribution >= 0.6 is 0 Å². The van der Waals surface area contributed by atoms with Gasteiger partial charge in [0.1, 0.15) is 11.5 Å². The highest BCUT2D eigenvalue weighted by atomic mass is 19.3. The first-order valence-electron chi connectivity index (χ1n) is 7.12.